The number of benzene rings is 1. The zero-order chi connectivity index (χ0) is 24.4. The molecular weight excluding hydrogens is 434 g/mol. The van der Waals surface area contributed by atoms with Crippen molar-refractivity contribution in [1.29, 1.82) is 0 Å². The fraction of sp³-hybridized carbons (Fsp3) is 0.565. The van der Waals surface area contributed by atoms with Crippen molar-refractivity contribution in [3.63, 3.8) is 0 Å². The molecule has 1 aromatic carbocycles. The topological polar surface area (TPSA) is 90.0 Å². The third kappa shape index (κ3) is 5.15. The first kappa shape index (κ1) is 24.6. The summed E-state index contributed by atoms with van der Waals surface area (Å²) < 4.78 is 25.9. The van der Waals surface area contributed by atoms with Crippen molar-refractivity contribution in [3.05, 3.63) is 29.8 Å². The first-order valence-corrected chi connectivity index (χ1v) is 11.0. The molecule has 0 bridgehead atoms. The second kappa shape index (κ2) is 9.84. The lowest BCUT2D eigenvalue weighted by Gasteiger charge is -2.29. The number of anilines is 1. The smallest absolute Gasteiger partial charge is 0.315 e. The number of fused-ring (bicyclic) bond motifs is 1. The van der Waals surface area contributed by atoms with Gasteiger partial charge in [-0.15, -0.1) is 0 Å². The first-order chi connectivity index (χ1) is 15.5. The van der Waals surface area contributed by atoms with E-state index in [1.54, 1.807) is 24.3 Å². The molecule has 0 spiro atoms. The van der Waals surface area contributed by atoms with Gasteiger partial charge in [0.15, 0.2) is 5.78 Å². The third-order valence-electron chi connectivity index (χ3n) is 6.13. The molecule has 3 atom stereocenters. The highest BCUT2D eigenvalue weighted by molar-refractivity contribution is 6.01. The number of ketones is 1. The van der Waals surface area contributed by atoms with E-state index >= 15 is 0 Å². The Hall–Kier alpha value is -3.04. The molecule has 1 aromatic rings. The minimum absolute atomic E-state index is 0.0740. The van der Waals surface area contributed by atoms with Crippen molar-refractivity contribution in [3.8, 4) is 0 Å². The summed E-state index contributed by atoms with van der Waals surface area (Å²) in [5.41, 5.74) is 1.32. The molecule has 33 heavy (non-hydrogen) atoms. The Morgan fingerprint density at radius 3 is 2.27 bits per heavy atom. The lowest BCUT2D eigenvalue weighted by molar-refractivity contribution is -0.144. The number of likely N-dealkylation sites (tertiary alicyclic amines) is 2. The van der Waals surface area contributed by atoms with Crippen LogP contribution in [0.25, 0.3) is 0 Å². The monoisotopic (exact) mass is 464 g/mol. The maximum absolute atomic E-state index is 13.4. The Kier molecular flexibility index (Phi) is 7.34. The summed E-state index contributed by atoms with van der Waals surface area (Å²) in [6.07, 6.45) is -2.61. The van der Waals surface area contributed by atoms with E-state index in [0.29, 0.717) is 12.0 Å². The summed E-state index contributed by atoms with van der Waals surface area (Å²) in [5.74, 6) is -2.60. The molecule has 2 fully saturated rings. The summed E-state index contributed by atoms with van der Waals surface area (Å²) >= 11 is 0. The van der Waals surface area contributed by atoms with Crippen LogP contribution in [0.15, 0.2) is 24.3 Å². The zero-order valence-corrected chi connectivity index (χ0v) is 19.3. The van der Waals surface area contributed by atoms with Gasteiger partial charge in [0.25, 0.3) is 11.8 Å². The number of carbonyl (C=O) groups excluding carboxylic acids is 4. The largest absolute Gasteiger partial charge is 0.378 e. The van der Waals surface area contributed by atoms with E-state index < -0.39 is 54.6 Å². The maximum Gasteiger partial charge on any atom is 0.315 e. The molecule has 2 heterocycles. The fourth-order valence-electron chi connectivity index (χ4n) is 4.53. The van der Waals surface area contributed by atoms with Gasteiger partial charge in [0.05, 0.1) is 12.6 Å². The van der Waals surface area contributed by atoms with Crippen molar-refractivity contribution in [2.24, 2.45) is 5.92 Å². The van der Waals surface area contributed by atoms with E-state index in [9.17, 15) is 28.0 Å². The van der Waals surface area contributed by atoms with Gasteiger partial charge in [-0.3, -0.25) is 19.2 Å². The lowest BCUT2D eigenvalue weighted by Crippen LogP contribution is -2.53. The number of rotatable bonds is 7. The highest BCUT2D eigenvalue weighted by atomic mass is 19.3. The first-order valence-electron chi connectivity index (χ1n) is 11.0. The quantitative estimate of drug-likeness (QED) is 0.661. The number of hydrogen-bond donors (Lipinski definition) is 1. The summed E-state index contributed by atoms with van der Waals surface area (Å²) in [4.78, 5) is 54.7. The number of hydrogen-bond acceptors (Lipinski definition) is 5. The van der Waals surface area contributed by atoms with Gasteiger partial charge in [-0.1, -0.05) is 13.8 Å². The van der Waals surface area contributed by atoms with E-state index in [4.69, 9.17) is 0 Å². The molecule has 2 saturated heterocycles. The van der Waals surface area contributed by atoms with Gasteiger partial charge in [0, 0.05) is 31.9 Å². The number of nitrogens with one attached hydrogen (secondary N) is 1. The summed E-state index contributed by atoms with van der Waals surface area (Å²) in [5, 5.41) is 2.78. The van der Waals surface area contributed by atoms with Gasteiger partial charge in [0.2, 0.25) is 5.91 Å². The van der Waals surface area contributed by atoms with E-state index in [-0.39, 0.29) is 18.9 Å². The Morgan fingerprint density at radius 1 is 1.09 bits per heavy atom. The molecule has 3 unspecified atom stereocenters. The molecule has 180 valence electrons. The molecule has 8 nitrogen and oxygen atoms in total. The van der Waals surface area contributed by atoms with Gasteiger partial charge in [-0.05, 0) is 43.0 Å². The summed E-state index contributed by atoms with van der Waals surface area (Å²) in [7, 11) is 3.77. The second-order valence-corrected chi connectivity index (χ2v) is 9.16. The van der Waals surface area contributed by atoms with Crippen LogP contribution in [-0.4, -0.2) is 85.0 Å². The number of carbonyl (C=O) groups is 4. The average Bonchev–Trinajstić information content (AvgIpc) is 3.33. The predicted octanol–water partition coefficient (Wildman–Crippen LogP) is 1.54. The molecule has 2 aliphatic heterocycles. The zero-order valence-electron chi connectivity index (χ0n) is 19.3. The van der Waals surface area contributed by atoms with Gasteiger partial charge in [0.1, 0.15) is 12.1 Å². The van der Waals surface area contributed by atoms with Crippen LogP contribution in [0.4, 0.5) is 14.5 Å². The van der Waals surface area contributed by atoms with Crippen LogP contribution in [0.5, 0.6) is 0 Å². The molecule has 0 saturated carbocycles. The molecule has 2 aliphatic rings. The van der Waals surface area contributed by atoms with Gasteiger partial charge < -0.3 is 20.0 Å². The molecule has 10 heteroatoms. The van der Waals surface area contributed by atoms with Gasteiger partial charge >= 0.3 is 6.43 Å². The van der Waals surface area contributed by atoms with E-state index in [1.165, 1.54) is 4.90 Å². The van der Waals surface area contributed by atoms with Crippen molar-refractivity contribution in [2.45, 2.75) is 51.2 Å². The Labute approximate surface area is 191 Å². The maximum atomic E-state index is 13.4. The molecule has 3 amide bonds. The van der Waals surface area contributed by atoms with E-state index in [0.717, 1.165) is 10.6 Å². The highest BCUT2D eigenvalue weighted by Crippen LogP contribution is 2.31. The van der Waals surface area contributed by atoms with Crippen LogP contribution in [0, 0.1) is 5.92 Å². The van der Waals surface area contributed by atoms with Crippen molar-refractivity contribution in [2.75, 3.05) is 32.1 Å². The normalized spacial score (nSPS) is 20.9. The van der Waals surface area contributed by atoms with E-state index in [2.05, 4.69) is 5.32 Å². The average molecular weight is 465 g/mol. The molecule has 0 aromatic heterocycles. The van der Waals surface area contributed by atoms with Crippen LogP contribution in [-0.2, 0) is 14.4 Å². The molecule has 0 aliphatic carbocycles. The Morgan fingerprint density at radius 2 is 1.73 bits per heavy atom. The third-order valence-corrected chi connectivity index (χ3v) is 6.13. The number of nitrogens with zero attached hydrogens (tertiary/aromatic N) is 3. The molecule has 1 N–H and O–H groups in total. The molecule has 3 rings (SSSR count). The van der Waals surface area contributed by atoms with Gasteiger partial charge in [-0.2, -0.15) is 8.78 Å². The number of alkyl halides is 2. The number of halogens is 2. The Balaban J connectivity index is 1.76. The van der Waals surface area contributed by atoms with Crippen LogP contribution >= 0.6 is 0 Å². The second-order valence-electron chi connectivity index (χ2n) is 9.16. The minimum atomic E-state index is -3.20. The van der Waals surface area contributed by atoms with E-state index in [1.807, 2.05) is 32.8 Å². The number of Topliss-reactive ketones (excluding diaryl/α,β-unsaturated/α-hetero) is 1. The van der Waals surface area contributed by atoms with Gasteiger partial charge in [-0.25, -0.2) is 0 Å². The van der Waals surface area contributed by atoms with Crippen molar-refractivity contribution in [1.82, 2.24) is 15.1 Å². The van der Waals surface area contributed by atoms with Crippen molar-refractivity contribution >= 4 is 29.2 Å². The SMILES string of the molecule is CC(C)CC(NC(=O)c1ccc(N(C)C)cc1)C(=O)N1CCC2C1C(=O)CN2C(=O)C(F)F. The summed E-state index contributed by atoms with van der Waals surface area (Å²) in [6.45, 7) is 3.56. The minimum Gasteiger partial charge on any atom is -0.378 e. The standard InChI is InChI=1S/C23H30F2N4O4/c1-13(2)11-16(26-21(31)14-5-7-15(8-6-14)27(3)4)22(32)28-10-9-17-19(28)18(30)12-29(17)23(33)20(24)25/h5-8,13,16-17,19-20H,9-12H2,1-4H3,(H,26,31). The van der Waals surface area contributed by atoms with Crippen molar-refractivity contribution < 1.29 is 28.0 Å². The van der Waals surface area contributed by atoms with Crippen LogP contribution in [0.3, 0.4) is 0 Å². The predicted molar refractivity (Wildman–Crippen MR) is 118 cm³/mol. The van der Waals surface area contributed by atoms with Crippen LogP contribution < -0.4 is 10.2 Å². The van der Waals surface area contributed by atoms with Crippen LogP contribution in [0.1, 0.15) is 37.0 Å². The number of amides is 3. The fourth-order valence-corrected chi connectivity index (χ4v) is 4.53. The molecular formula is C23H30F2N4O4. The highest BCUT2D eigenvalue weighted by Gasteiger charge is 2.53. The summed E-state index contributed by atoms with van der Waals surface area (Å²) in [6, 6.07) is 4.35. The van der Waals surface area contributed by atoms with Crippen LogP contribution in [0.2, 0.25) is 0 Å². The Bertz CT molecular complexity index is 920. The molecule has 0 radical (unpaired) electrons. The lowest BCUT2D eigenvalue weighted by atomic mass is 10.0.